The molecule has 0 atom stereocenters. The molecule has 0 aliphatic carbocycles. The number of rotatable bonds is 3. The van der Waals surface area contributed by atoms with Crippen molar-refractivity contribution >= 4 is 0 Å². The normalized spacial score (nSPS) is 10.7. The summed E-state index contributed by atoms with van der Waals surface area (Å²) in [4.78, 5) is 0. The summed E-state index contributed by atoms with van der Waals surface area (Å²) in [5.41, 5.74) is 1.18. The Morgan fingerprint density at radius 1 is 0.944 bits per heavy atom. The fourth-order valence-electron chi connectivity index (χ4n) is 1.61. The monoisotopic (exact) mass is 248 g/mol. The highest BCUT2D eigenvalue weighted by Gasteiger charge is 2.06. The summed E-state index contributed by atoms with van der Waals surface area (Å²) in [5, 5.41) is 0. The quantitative estimate of drug-likeness (QED) is 0.752. The molecule has 18 heavy (non-hydrogen) atoms. The first-order chi connectivity index (χ1) is 8.56. The maximum absolute atomic E-state index is 13.4. The molecule has 0 unspecified atom stereocenters. The topological polar surface area (TPSA) is 9.23 Å². The first-order valence-corrected chi connectivity index (χ1v) is 5.79. The molecule has 2 aromatic rings. The van der Waals surface area contributed by atoms with Crippen LogP contribution in [-0.4, -0.2) is 0 Å². The predicted molar refractivity (Wildman–Crippen MR) is 67.0 cm³/mol. The molecule has 1 nitrogen and oxygen atoms in total. The predicted octanol–water partition coefficient (Wildman–Crippen LogP) is 4.88. The molecule has 0 spiro atoms. The van der Waals surface area contributed by atoms with Gasteiger partial charge in [0, 0.05) is 6.07 Å². The van der Waals surface area contributed by atoms with Crippen molar-refractivity contribution in [1.82, 2.24) is 0 Å². The van der Waals surface area contributed by atoms with Crippen LogP contribution in [0.4, 0.5) is 8.78 Å². The third-order valence-electron chi connectivity index (χ3n) is 2.67. The lowest BCUT2D eigenvalue weighted by Gasteiger charge is -2.09. The molecule has 0 saturated heterocycles. The molecule has 0 amide bonds. The fourth-order valence-corrected chi connectivity index (χ4v) is 1.61. The zero-order valence-corrected chi connectivity index (χ0v) is 10.3. The van der Waals surface area contributed by atoms with E-state index in [0.29, 0.717) is 11.7 Å². The van der Waals surface area contributed by atoms with Crippen LogP contribution in [0.5, 0.6) is 11.5 Å². The van der Waals surface area contributed by atoms with E-state index in [1.165, 1.54) is 17.7 Å². The van der Waals surface area contributed by atoms with Crippen molar-refractivity contribution in [2.24, 2.45) is 0 Å². The second-order valence-electron chi connectivity index (χ2n) is 4.40. The number of hydrogen-bond acceptors (Lipinski definition) is 1. The molecule has 2 rings (SSSR count). The number of benzene rings is 2. The van der Waals surface area contributed by atoms with Crippen LogP contribution in [0.1, 0.15) is 25.3 Å². The molecule has 0 aromatic heterocycles. The molecule has 0 N–H and O–H groups in total. The third kappa shape index (κ3) is 2.86. The lowest BCUT2D eigenvalue weighted by molar-refractivity contribution is 0.437. The Morgan fingerprint density at radius 2 is 1.61 bits per heavy atom. The smallest absolute Gasteiger partial charge is 0.168 e. The van der Waals surface area contributed by atoms with E-state index in [0.717, 1.165) is 6.07 Å². The van der Waals surface area contributed by atoms with Gasteiger partial charge in [0.1, 0.15) is 11.6 Å². The number of hydrogen-bond donors (Lipinski definition) is 0. The van der Waals surface area contributed by atoms with Crippen LogP contribution in [-0.2, 0) is 0 Å². The van der Waals surface area contributed by atoms with E-state index in [-0.39, 0.29) is 5.75 Å². The van der Waals surface area contributed by atoms with Gasteiger partial charge in [-0.2, -0.15) is 0 Å². The first kappa shape index (κ1) is 12.6. The Balaban J connectivity index is 2.18. The highest BCUT2D eigenvalue weighted by Crippen LogP contribution is 2.26. The third-order valence-corrected chi connectivity index (χ3v) is 2.67. The van der Waals surface area contributed by atoms with Crippen molar-refractivity contribution in [3.8, 4) is 11.5 Å². The van der Waals surface area contributed by atoms with E-state index in [1.54, 1.807) is 12.1 Å². The Kier molecular flexibility index (Phi) is 3.60. The molecule has 94 valence electrons. The summed E-state index contributed by atoms with van der Waals surface area (Å²) in [6.07, 6.45) is 0. The lowest BCUT2D eigenvalue weighted by Crippen LogP contribution is -1.91. The van der Waals surface area contributed by atoms with Crippen LogP contribution < -0.4 is 4.74 Å². The molecule has 0 radical (unpaired) electrons. The van der Waals surface area contributed by atoms with E-state index in [9.17, 15) is 8.78 Å². The van der Waals surface area contributed by atoms with Gasteiger partial charge in [-0.15, -0.1) is 0 Å². The van der Waals surface area contributed by atoms with Gasteiger partial charge in [0.25, 0.3) is 0 Å². The average Bonchev–Trinajstić information content (AvgIpc) is 2.33. The van der Waals surface area contributed by atoms with Gasteiger partial charge in [-0.25, -0.2) is 8.78 Å². The fraction of sp³-hybridized carbons (Fsp3) is 0.200. The SMILES string of the molecule is CC(C)c1ccc(Oc2ccc(F)cc2F)cc1. The number of halogens is 2. The Bertz CT molecular complexity index is 533. The van der Waals surface area contributed by atoms with Crippen LogP contribution in [0.25, 0.3) is 0 Å². The van der Waals surface area contributed by atoms with Crippen LogP contribution in [0, 0.1) is 11.6 Å². The molecule has 0 heterocycles. The van der Waals surface area contributed by atoms with Gasteiger partial charge >= 0.3 is 0 Å². The van der Waals surface area contributed by atoms with Gasteiger partial charge < -0.3 is 4.74 Å². The molecular weight excluding hydrogens is 234 g/mol. The standard InChI is InChI=1S/C15H14F2O/c1-10(2)11-3-6-13(7-4-11)18-15-8-5-12(16)9-14(15)17/h3-10H,1-2H3. The van der Waals surface area contributed by atoms with Gasteiger partial charge in [0.05, 0.1) is 0 Å². The van der Waals surface area contributed by atoms with E-state index >= 15 is 0 Å². The van der Waals surface area contributed by atoms with Crippen LogP contribution in [0.15, 0.2) is 42.5 Å². The van der Waals surface area contributed by atoms with E-state index in [4.69, 9.17) is 4.74 Å². The van der Waals surface area contributed by atoms with Crippen molar-refractivity contribution in [2.45, 2.75) is 19.8 Å². The number of ether oxygens (including phenoxy) is 1. The van der Waals surface area contributed by atoms with Crippen molar-refractivity contribution < 1.29 is 13.5 Å². The van der Waals surface area contributed by atoms with Crippen LogP contribution >= 0.6 is 0 Å². The van der Waals surface area contributed by atoms with Crippen molar-refractivity contribution in [3.05, 3.63) is 59.7 Å². The Hall–Kier alpha value is -1.90. The summed E-state index contributed by atoms with van der Waals surface area (Å²) in [5.74, 6) is -0.335. The highest BCUT2D eigenvalue weighted by molar-refractivity contribution is 5.34. The molecule has 2 aromatic carbocycles. The van der Waals surface area contributed by atoms with Gasteiger partial charge in [-0.05, 0) is 35.7 Å². The zero-order chi connectivity index (χ0) is 13.1. The Labute approximate surface area is 105 Å². The minimum atomic E-state index is -0.706. The largest absolute Gasteiger partial charge is 0.454 e. The van der Waals surface area contributed by atoms with Gasteiger partial charge in [0.15, 0.2) is 11.6 Å². The molecule has 0 saturated carbocycles. The molecule has 0 fully saturated rings. The summed E-state index contributed by atoms with van der Waals surface area (Å²) in [7, 11) is 0. The minimum Gasteiger partial charge on any atom is -0.454 e. The Morgan fingerprint density at radius 3 is 2.17 bits per heavy atom. The van der Waals surface area contributed by atoms with Crippen LogP contribution in [0.3, 0.4) is 0 Å². The van der Waals surface area contributed by atoms with Crippen molar-refractivity contribution in [3.63, 3.8) is 0 Å². The molecular formula is C15H14F2O. The summed E-state index contributed by atoms with van der Waals surface area (Å²) < 4.78 is 31.5. The second-order valence-corrected chi connectivity index (χ2v) is 4.40. The minimum absolute atomic E-state index is 0.0219. The van der Waals surface area contributed by atoms with Crippen molar-refractivity contribution in [1.29, 1.82) is 0 Å². The van der Waals surface area contributed by atoms with Crippen LogP contribution in [0.2, 0.25) is 0 Å². The lowest BCUT2D eigenvalue weighted by atomic mass is 10.0. The highest BCUT2D eigenvalue weighted by atomic mass is 19.1. The van der Waals surface area contributed by atoms with E-state index in [2.05, 4.69) is 13.8 Å². The second kappa shape index (κ2) is 5.17. The van der Waals surface area contributed by atoms with Gasteiger partial charge in [-0.3, -0.25) is 0 Å². The molecule has 3 heteroatoms. The zero-order valence-electron chi connectivity index (χ0n) is 10.3. The van der Waals surface area contributed by atoms with Gasteiger partial charge in [-0.1, -0.05) is 26.0 Å². The van der Waals surface area contributed by atoms with E-state index < -0.39 is 11.6 Å². The van der Waals surface area contributed by atoms with Gasteiger partial charge in [0.2, 0.25) is 0 Å². The average molecular weight is 248 g/mol. The summed E-state index contributed by atoms with van der Waals surface area (Å²) in [6.45, 7) is 4.19. The summed E-state index contributed by atoms with van der Waals surface area (Å²) in [6, 6.07) is 10.7. The first-order valence-electron chi connectivity index (χ1n) is 5.79. The summed E-state index contributed by atoms with van der Waals surface area (Å²) >= 11 is 0. The molecule has 0 bridgehead atoms. The maximum atomic E-state index is 13.4. The van der Waals surface area contributed by atoms with E-state index in [1.807, 2.05) is 12.1 Å². The van der Waals surface area contributed by atoms with Crippen molar-refractivity contribution in [2.75, 3.05) is 0 Å². The molecule has 0 aliphatic heterocycles. The maximum Gasteiger partial charge on any atom is 0.168 e. The molecule has 0 aliphatic rings.